The summed E-state index contributed by atoms with van der Waals surface area (Å²) in [5.41, 5.74) is 3.95. The SMILES string of the molecule is CCNCC(CCc1cc(CC)nn1C)c1ccccc1. The number of aromatic nitrogens is 2. The molecule has 0 saturated carbocycles. The third-order valence-electron chi connectivity index (χ3n) is 4.05. The zero-order valence-electron chi connectivity index (χ0n) is 13.5. The second kappa shape index (κ2) is 7.99. The van der Waals surface area contributed by atoms with Gasteiger partial charge in [-0.2, -0.15) is 5.10 Å². The molecule has 114 valence electrons. The summed E-state index contributed by atoms with van der Waals surface area (Å²) in [6.45, 7) is 6.38. The molecule has 1 atom stereocenters. The minimum absolute atomic E-state index is 0.561. The first-order valence-electron chi connectivity index (χ1n) is 8.02. The smallest absolute Gasteiger partial charge is 0.0624 e. The molecular formula is C18H27N3. The Bertz CT molecular complexity index is 531. The number of nitrogens with one attached hydrogen (secondary N) is 1. The number of rotatable bonds is 8. The van der Waals surface area contributed by atoms with Gasteiger partial charge in [-0.25, -0.2) is 0 Å². The molecule has 0 spiro atoms. The average Bonchev–Trinajstić information content (AvgIpc) is 2.89. The topological polar surface area (TPSA) is 29.9 Å². The van der Waals surface area contributed by atoms with Crippen molar-refractivity contribution in [3.8, 4) is 0 Å². The normalized spacial score (nSPS) is 12.5. The molecule has 0 aliphatic carbocycles. The van der Waals surface area contributed by atoms with E-state index in [-0.39, 0.29) is 0 Å². The molecule has 3 heteroatoms. The van der Waals surface area contributed by atoms with E-state index in [0.29, 0.717) is 5.92 Å². The van der Waals surface area contributed by atoms with Gasteiger partial charge in [0.05, 0.1) is 5.69 Å². The van der Waals surface area contributed by atoms with Crippen LogP contribution in [0.15, 0.2) is 36.4 Å². The maximum atomic E-state index is 4.54. The molecule has 0 saturated heterocycles. The quantitative estimate of drug-likeness (QED) is 0.806. The molecule has 1 unspecified atom stereocenters. The van der Waals surface area contributed by atoms with Gasteiger partial charge in [-0.1, -0.05) is 44.2 Å². The van der Waals surface area contributed by atoms with E-state index in [0.717, 1.165) is 32.4 Å². The van der Waals surface area contributed by atoms with Crippen LogP contribution in [0.5, 0.6) is 0 Å². The van der Waals surface area contributed by atoms with Crippen LogP contribution < -0.4 is 5.32 Å². The van der Waals surface area contributed by atoms with Gasteiger partial charge in [-0.05, 0) is 43.4 Å². The van der Waals surface area contributed by atoms with E-state index in [4.69, 9.17) is 0 Å². The Morgan fingerprint density at radius 1 is 1.19 bits per heavy atom. The lowest BCUT2D eigenvalue weighted by Gasteiger charge is -2.17. The van der Waals surface area contributed by atoms with Crippen LogP contribution in [0.2, 0.25) is 0 Å². The second-order valence-corrected chi connectivity index (χ2v) is 5.56. The molecule has 0 aliphatic heterocycles. The summed E-state index contributed by atoms with van der Waals surface area (Å²) in [5, 5.41) is 8.03. The van der Waals surface area contributed by atoms with E-state index < -0.39 is 0 Å². The highest BCUT2D eigenvalue weighted by molar-refractivity contribution is 5.20. The molecule has 1 heterocycles. The molecule has 2 rings (SSSR count). The molecule has 0 radical (unpaired) electrons. The van der Waals surface area contributed by atoms with Crippen molar-refractivity contribution >= 4 is 0 Å². The molecule has 1 aromatic heterocycles. The predicted octanol–water partition coefficient (Wildman–Crippen LogP) is 3.31. The Morgan fingerprint density at radius 2 is 1.95 bits per heavy atom. The summed E-state index contributed by atoms with van der Waals surface area (Å²) in [6, 6.07) is 13.1. The molecule has 0 aliphatic rings. The lowest BCUT2D eigenvalue weighted by Crippen LogP contribution is -2.21. The zero-order chi connectivity index (χ0) is 15.1. The van der Waals surface area contributed by atoms with E-state index >= 15 is 0 Å². The van der Waals surface area contributed by atoms with Gasteiger partial charge in [0.2, 0.25) is 0 Å². The highest BCUT2D eigenvalue weighted by Crippen LogP contribution is 2.21. The zero-order valence-corrected chi connectivity index (χ0v) is 13.5. The van der Waals surface area contributed by atoms with Crippen LogP contribution in [0.25, 0.3) is 0 Å². The molecular weight excluding hydrogens is 258 g/mol. The fraction of sp³-hybridized carbons (Fsp3) is 0.500. The summed E-state index contributed by atoms with van der Waals surface area (Å²) in [5.74, 6) is 0.561. The van der Waals surface area contributed by atoms with Crippen LogP contribution in [0, 0.1) is 0 Å². The lowest BCUT2D eigenvalue weighted by molar-refractivity contribution is 0.549. The number of hydrogen-bond acceptors (Lipinski definition) is 2. The fourth-order valence-electron chi connectivity index (χ4n) is 2.73. The van der Waals surface area contributed by atoms with E-state index in [1.165, 1.54) is 17.0 Å². The molecule has 2 aromatic rings. The number of benzene rings is 1. The van der Waals surface area contributed by atoms with Crippen LogP contribution in [-0.4, -0.2) is 22.9 Å². The fourth-order valence-corrected chi connectivity index (χ4v) is 2.73. The Kier molecular flexibility index (Phi) is 6.00. The number of aryl methyl sites for hydroxylation is 3. The molecule has 1 aromatic carbocycles. The second-order valence-electron chi connectivity index (χ2n) is 5.56. The van der Waals surface area contributed by atoms with Gasteiger partial charge in [-0.3, -0.25) is 4.68 Å². The van der Waals surface area contributed by atoms with Crippen molar-refractivity contribution < 1.29 is 0 Å². The van der Waals surface area contributed by atoms with E-state index in [2.05, 4.69) is 67.7 Å². The maximum Gasteiger partial charge on any atom is 0.0624 e. The summed E-state index contributed by atoms with van der Waals surface area (Å²) >= 11 is 0. The van der Waals surface area contributed by atoms with Crippen molar-refractivity contribution in [2.75, 3.05) is 13.1 Å². The van der Waals surface area contributed by atoms with Crippen LogP contribution in [0.1, 0.15) is 43.1 Å². The van der Waals surface area contributed by atoms with Crippen LogP contribution in [0.4, 0.5) is 0 Å². The average molecular weight is 285 g/mol. The van der Waals surface area contributed by atoms with Crippen molar-refractivity contribution in [3.63, 3.8) is 0 Å². The minimum atomic E-state index is 0.561. The Hall–Kier alpha value is -1.61. The van der Waals surface area contributed by atoms with Gasteiger partial charge in [0, 0.05) is 19.3 Å². The first-order chi connectivity index (χ1) is 10.2. The minimum Gasteiger partial charge on any atom is -0.316 e. The van der Waals surface area contributed by atoms with Crippen molar-refractivity contribution in [1.82, 2.24) is 15.1 Å². The lowest BCUT2D eigenvalue weighted by atomic mass is 9.93. The van der Waals surface area contributed by atoms with Crippen LogP contribution >= 0.6 is 0 Å². The van der Waals surface area contributed by atoms with Gasteiger partial charge < -0.3 is 5.32 Å². The van der Waals surface area contributed by atoms with Crippen LogP contribution in [0.3, 0.4) is 0 Å². The van der Waals surface area contributed by atoms with Crippen molar-refractivity contribution in [2.45, 2.75) is 39.0 Å². The Morgan fingerprint density at radius 3 is 2.57 bits per heavy atom. The standard InChI is InChI=1S/C18H27N3/c1-4-17-13-18(21(3)20-17)12-11-16(14-19-5-2)15-9-7-6-8-10-15/h6-10,13,16,19H,4-5,11-12,14H2,1-3H3. The molecule has 21 heavy (non-hydrogen) atoms. The molecule has 3 nitrogen and oxygen atoms in total. The third kappa shape index (κ3) is 4.43. The number of likely N-dealkylation sites (N-methyl/N-ethyl adjacent to an activating group) is 1. The van der Waals surface area contributed by atoms with Gasteiger partial charge in [0.15, 0.2) is 0 Å². The van der Waals surface area contributed by atoms with Crippen molar-refractivity contribution in [2.24, 2.45) is 7.05 Å². The van der Waals surface area contributed by atoms with Gasteiger partial charge in [0.1, 0.15) is 0 Å². The number of nitrogens with zero attached hydrogens (tertiary/aromatic N) is 2. The van der Waals surface area contributed by atoms with Crippen LogP contribution in [-0.2, 0) is 19.9 Å². The maximum absolute atomic E-state index is 4.54. The van der Waals surface area contributed by atoms with Gasteiger partial charge in [-0.15, -0.1) is 0 Å². The monoisotopic (exact) mass is 285 g/mol. The highest BCUT2D eigenvalue weighted by atomic mass is 15.3. The predicted molar refractivity (Wildman–Crippen MR) is 88.6 cm³/mol. The van der Waals surface area contributed by atoms with Gasteiger partial charge >= 0.3 is 0 Å². The first kappa shape index (κ1) is 15.8. The van der Waals surface area contributed by atoms with Crippen molar-refractivity contribution in [3.05, 3.63) is 53.3 Å². The Labute approximate surface area is 128 Å². The molecule has 0 fully saturated rings. The summed E-state index contributed by atoms with van der Waals surface area (Å²) in [7, 11) is 2.05. The molecule has 0 bridgehead atoms. The highest BCUT2D eigenvalue weighted by Gasteiger charge is 2.12. The number of hydrogen-bond donors (Lipinski definition) is 1. The third-order valence-corrected chi connectivity index (χ3v) is 4.05. The largest absolute Gasteiger partial charge is 0.316 e. The summed E-state index contributed by atoms with van der Waals surface area (Å²) in [4.78, 5) is 0. The van der Waals surface area contributed by atoms with Crippen molar-refractivity contribution in [1.29, 1.82) is 0 Å². The summed E-state index contributed by atoms with van der Waals surface area (Å²) < 4.78 is 2.04. The Balaban J connectivity index is 2.03. The summed E-state index contributed by atoms with van der Waals surface area (Å²) in [6.07, 6.45) is 3.24. The molecule has 0 amide bonds. The van der Waals surface area contributed by atoms with E-state index in [1.54, 1.807) is 0 Å². The van der Waals surface area contributed by atoms with E-state index in [1.807, 2.05) is 4.68 Å². The first-order valence-corrected chi connectivity index (χ1v) is 8.02. The van der Waals surface area contributed by atoms with E-state index in [9.17, 15) is 0 Å². The molecule has 1 N–H and O–H groups in total. The van der Waals surface area contributed by atoms with Gasteiger partial charge in [0.25, 0.3) is 0 Å².